The van der Waals surface area contributed by atoms with E-state index in [0.717, 1.165) is 27.9 Å². The molecule has 2 aromatic carbocycles. The Morgan fingerprint density at radius 2 is 2.00 bits per heavy atom. The lowest BCUT2D eigenvalue weighted by atomic mass is 10.2. The van der Waals surface area contributed by atoms with E-state index in [-0.39, 0.29) is 18.9 Å². The quantitative estimate of drug-likeness (QED) is 0.684. The maximum Gasteiger partial charge on any atom is 0.312 e. The molecular formula is C21H21N3O3S. The summed E-state index contributed by atoms with van der Waals surface area (Å²) in [5, 5.41) is 8.36. The predicted octanol–water partition coefficient (Wildman–Crippen LogP) is 3.57. The molecule has 1 N–H and O–H groups in total. The van der Waals surface area contributed by atoms with Gasteiger partial charge in [-0.2, -0.15) is 5.10 Å². The number of hydrogen-bond acceptors (Lipinski definition) is 5. The maximum absolute atomic E-state index is 12.8. The van der Waals surface area contributed by atoms with E-state index in [9.17, 15) is 9.59 Å². The normalized spacial score (nSPS) is 16.5. The summed E-state index contributed by atoms with van der Waals surface area (Å²) in [4.78, 5) is 27.8. The van der Waals surface area contributed by atoms with Crippen LogP contribution in [0, 0.1) is 0 Å². The van der Waals surface area contributed by atoms with Crippen LogP contribution in [-0.2, 0) is 20.7 Å². The van der Waals surface area contributed by atoms with Gasteiger partial charge < -0.3 is 9.64 Å². The molecule has 0 aliphatic carbocycles. The molecule has 0 unspecified atom stereocenters. The van der Waals surface area contributed by atoms with Crippen molar-refractivity contribution >= 4 is 40.2 Å². The number of fused-ring (bicyclic) bond motifs is 2. The van der Waals surface area contributed by atoms with Crippen molar-refractivity contribution in [3.63, 3.8) is 0 Å². The van der Waals surface area contributed by atoms with E-state index in [0.29, 0.717) is 17.5 Å². The standard InChI is InChI=1S/C21H21N3O3S/c1-14-10-11-24(18-8-4-5-9-19(18)28-14)20(25)13-27-21(26)12-17-15-6-2-3-7-16(15)22-23-17/h2-9,14H,10-13H2,1H3,(H,22,23)/t14-/m0/s1. The van der Waals surface area contributed by atoms with Gasteiger partial charge in [-0.15, -0.1) is 11.8 Å². The van der Waals surface area contributed by atoms with Crippen molar-refractivity contribution in [2.75, 3.05) is 18.1 Å². The molecule has 0 saturated heterocycles. The highest BCUT2D eigenvalue weighted by atomic mass is 32.2. The minimum absolute atomic E-state index is 0.0528. The number of benzene rings is 2. The monoisotopic (exact) mass is 395 g/mol. The number of H-pyrrole nitrogens is 1. The van der Waals surface area contributed by atoms with Crippen LogP contribution in [0.1, 0.15) is 19.0 Å². The molecule has 6 nitrogen and oxygen atoms in total. The molecule has 0 radical (unpaired) electrons. The second-order valence-electron chi connectivity index (χ2n) is 6.79. The highest BCUT2D eigenvalue weighted by Gasteiger charge is 2.25. The molecule has 28 heavy (non-hydrogen) atoms. The number of aromatic nitrogens is 2. The van der Waals surface area contributed by atoms with Crippen molar-refractivity contribution < 1.29 is 14.3 Å². The number of anilines is 1. The molecule has 3 aromatic rings. The number of para-hydroxylation sites is 2. The molecule has 144 valence electrons. The average molecular weight is 395 g/mol. The third-order valence-electron chi connectivity index (χ3n) is 4.76. The fourth-order valence-electron chi connectivity index (χ4n) is 3.31. The molecule has 1 aliphatic rings. The van der Waals surface area contributed by atoms with Crippen LogP contribution in [0.15, 0.2) is 53.4 Å². The van der Waals surface area contributed by atoms with Gasteiger partial charge in [0.1, 0.15) is 0 Å². The van der Waals surface area contributed by atoms with Crippen LogP contribution in [0.5, 0.6) is 0 Å². The van der Waals surface area contributed by atoms with E-state index in [1.165, 1.54) is 0 Å². The maximum atomic E-state index is 12.8. The molecule has 0 bridgehead atoms. The van der Waals surface area contributed by atoms with Gasteiger partial charge in [0.2, 0.25) is 0 Å². The van der Waals surface area contributed by atoms with Gasteiger partial charge in [-0.05, 0) is 24.6 Å². The topological polar surface area (TPSA) is 75.3 Å². The van der Waals surface area contributed by atoms with Gasteiger partial charge in [0, 0.05) is 22.1 Å². The Morgan fingerprint density at radius 3 is 2.89 bits per heavy atom. The average Bonchev–Trinajstić information content (AvgIpc) is 3.01. The zero-order chi connectivity index (χ0) is 19.5. The summed E-state index contributed by atoms with van der Waals surface area (Å²) in [6, 6.07) is 15.4. The van der Waals surface area contributed by atoms with Crippen molar-refractivity contribution in [2.24, 2.45) is 0 Å². The zero-order valence-electron chi connectivity index (χ0n) is 15.6. The molecule has 0 fully saturated rings. The van der Waals surface area contributed by atoms with Crippen molar-refractivity contribution in [2.45, 2.75) is 29.9 Å². The van der Waals surface area contributed by atoms with Crippen molar-refractivity contribution in [3.05, 3.63) is 54.2 Å². The van der Waals surface area contributed by atoms with Crippen LogP contribution in [0.3, 0.4) is 0 Å². The Labute approximate surface area is 167 Å². The molecule has 1 atom stereocenters. The van der Waals surface area contributed by atoms with Crippen molar-refractivity contribution in [3.8, 4) is 0 Å². The van der Waals surface area contributed by atoms with Gasteiger partial charge in [0.05, 0.1) is 23.3 Å². The SMILES string of the molecule is C[C@H]1CCN(C(=O)COC(=O)Cc2[nH]nc3ccccc23)c2ccccc2S1. The molecule has 1 amide bonds. The molecular weight excluding hydrogens is 374 g/mol. The van der Waals surface area contributed by atoms with E-state index in [1.807, 2.05) is 48.5 Å². The lowest BCUT2D eigenvalue weighted by Crippen LogP contribution is -2.36. The summed E-state index contributed by atoms with van der Waals surface area (Å²) >= 11 is 1.77. The Hall–Kier alpha value is -2.80. The number of carbonyl (C=O) groups is 2. The molecule has 1 aliphatic heterocycles. The minimum Gasteiger partial charge on any atom is -0.455 e. The summed E-state index contributed by atoms with van der Waals surface area (Å²) in [7, 11) is 0. The Balaban J connectivity index is 1.41. The van der Waals surface area contributed by atoms with Gasteiger partial charge in [0.25, 0.3) is 5.91 Å². The number of amides is 1. The van der Waals surface area contributed by atoms with Gasteiger partial charge >= 0.3 is 5.97 Å². The Morgan fingerprint density at radius 1 is 1.21 bits per heavy atom. The summed E-state index contributed by atoms with van der Waals surface area (Å²) in [6.07, 6.45) is 0.941. The van der Waals surface area contributed by atoms with Crippen LogP contribution in [0.4, 0.5) is 5.69 Å². The lowest BCUT2D eigenvalue weighted by molar-refractivity contribution is -0.147. The van der Waals surface area contributed by atoms with E-state index in [1.54, 1.807) is 16.7 Å². The number of carbonyl (C=O) groups excluding carboxylic acids is 2. The smallest absolute Gasteiger partial charge is 0.312 e. The number of ether oxygens (including phenoxy) is 1. The summed E-state index contributed by atoms with van der Waals surface area (Å²) in [5.41, 5.74) is 2.38. The zero-order valence-corrected chi connectivity index (χ0v) is 16.4. The number of thioether (sulfide) groups is 1. The number of nitrogens with zero attached hydrogens (tertiary/aromatic N) is 2. The number of nitrogens with one attached hydrogen (secondary N) is 1. The van der Waals surface area contributed by atoms with Crippen LogP contribution in [0.2, 0.25) is 0 Å². The first-order valence-electron chi connectivity index (χ1n) is 9.25. The van der Waals surface area contributed by atoms with E-state index in [4.69, 9.17) is 4.74 Å². The molecule has 0 spiro atoms. The van der Waals surface area contributed by atoms with E-state index < -0.39 is 5.97 Å². The third-order valence-corrected chi connectivity index (χ3v) is 6.00. The largest absolute Gasteiger partial charge is 0.455 e. The van der Waals surface area contributed by atoms with Crippen molar-refractivity contribution in [1.29, 1.82) is 0 Å². The third kappa shape index (κ3) is 3.89. The fourth-order valence-corrected chi connectivity index (χ4v) is 4.42. The minimum atomic E-state index is -0.450. The molecule has 7 heteroatoms. The molecule has 1 aromatic heterocycles. The first kappa shape index (κ1) is 18.6. The van der Waals surface area contributed by atoms with Gasteiger partial charge in [-0.3, -0.25) is 14.7 Å². The fraction of sp³-hybridized carbons (Fsp3) is 0.286. The predicted molar refractivity (Wildman–Crippen MR) is 109 cm³/mol. The first-order chi connectivity index (χ1) is 13.6. The highest BCUT2D eigenvalue weighted by Crippen LogP contribution is 2.37. The molecule has 4 rings (SSSR count). The Bertz CT molecular complexity index is 1020. The second-order valence-corrected chi connectivity index (χ2v) is 8.27. The second kappa shape index (κ2) is 8.06. The summed E-state index contributed by atoms with van der Waals surface area (Å²) < 4.78 is 5.28. The lowest BCUT2D eigenvalue weighted by Gasteiger charge is -2.22. The van der Waals surface area contributed by atoms with Crippen LogP contribution in [-0.4, -0.2) is 40.5 Å². The number of esters is 1. The summed E-state index contributed by atoms with van der Waals surface area (Å²) in [5.74, 6) is -0.654. The van der Waals surface area contributed by atoms with Crippen LogP contribution in [0.25, 0.3) is 10.9 Å². The van der Waals surface area contributed by atoms with Gasteiger partial charge in [-0.25, -0.2) is 0 Å². The number of aromatic amines is 1. The van der Waals surface area contributed by atoms with Crippen LogP contribution < -0.4 is 4.90 Å². The van der Waals surface area contributed by atoms with Crippen LogP contribution >= 0.6 is 11.8 Å². The number of rotatable bonds is 4. The van der Waals surface area contributed by atoms with E-state index in [2.05, 4.69) is 17.1 Å². The summed E-state index contributed by atoms with van der Waals surface area (Å²) in [6.45, 7) is 2.51. The highest BCUT2D eigenvalue weighted by molar-refractivity contribution is 8.00. The first-order valence-corrected chi connectivity index (χ1v) is 10.1. The molecule has 0 saturated carbocycles. The Kier molecular flexibility index (Phi) is 5.34. The van der Waals surface area contributed by atoms with Crippen molar-refractivity contribution in [1.82, 2.24) is 10.2 Å². The van der Waals surface area contributed by atoms with E-state index >= 15 is 0 Å². The van der Waals surface area contributed by atoms with Gasteiger partial charge in [-0.1, -0.05) is 37.3 Å². The number of hydrogen-bond donors (Lipinski definition) is 1. The molecule has 2 heterocycles. The van der Waals surface area contributed by atoms with Gasteiger partial charge in [0.15, 0.2) is 6.61 Å².